The molecule has 0 bridgehead atoms. The molecule has 3 aromatic carbocycles. The first-order chi connectivity index (χ1) is 17.6. The van der Waals surface area contributed by atoms with Crippen LogP contribution in [0, 0.1) is 0 Å². The molecule has 5 aromatic rings. The van der Waals surface area contributed by atoms with Crippen molar-refractivity contribution in [3.05, 3.63) is 89.7 Å². The van der Waals surface area contributed by atoms with E-state index in [9.17, 15) is 9.35 Å². The van der Waals surface area contributed by atoms with E-state index in [2.05, 4.69) is 4.98 Å². The number of pyridine rings is 1. The maximum atomic E-state index is 13.9. The summed E-state index contributed by atoms with van der Waals surface area (Å²) in [5.74, 6) is 0.860. The Kier molecular flexibility index (Phi) is 5.50. The van der Waals surface area contributed by atoms with E-state index >= 15 is 0 Å². The Bertz CT molecular complexity index is 1630. The number of cyclic esters (lactones) is 1. The molecule has 6 rings (SSSR count). The number of benzene rings is 3. The zero-order chi connectivity index (χ0) is 24.8. The second-order valence-electron chi connectivity index (χ2n) is 8.27. The Balaban J connectivity index is 1.46. The number of methoxy groups -OCH3 is 2. The number of para-hydroxylation sites is 2. The predicted molar refractivity (Wildman–Crippen MR) is 135 cm³/mol. The summed E-state index contributed by atoms with van der Waals surface area (Å²) in [6, 6.07) is 20.3. The average Bonchev–Trinajstić information content (AvgIpc) is 3.46. The van der Waals surface area contributed by atoms with Crippen LogP contribution in [0.3, 0.4) is 0 Å². The molecule has 1 aliphatic rings. The van der Waals surface area contributed by atoms with Gasteiger partial charge in [0.1, 0.15) is 0 Å². The fraction of sp³-hybridized carbons (Fsp3) is 0.148. The lowest BCUT2D eigenvalue weighted by atomic mass is 10.1. The Morgan fingerprint density at radius 3 is 2.61 bits per heavy atom. The van der Waals surface area contributed by atoms with Crippen LogP contribution < -0.4 is 9.47 Å². The SMILES string of the molecule is COc1cc2ccnc(C[S+]([O-])c3nc4ccccc4n3C3OC(=O)c4ccccc43)c2cc1OC. The van der Waals surface area contributed by atoms with Crippen LogP contribution in [0.5, 0.6) is 11.5 Å². The summed E-state index contributed by atoms with van der Waals surface area (Å²) >= 11 is -1.61. The monoisotopic (exact) mass is 499 g/mol. The third-order valence-electron chi connectivity index (χ3n) is 6.29. The number of carbonyl (C=O) groups is 1. The Hall–Kier alpha value is -4.08. The molecule has 2 aromatic heterocycles. The minimum atomic E-state index is -1.61. The first kappa shape index (κ1) is 22.4. The number of ether oxygens (including phenoxy) is 3. The highest BCUT2D eigenvalue weighted by atomic mass is 32.2. The lowest BCUT2D eigenvalue weighted by molar-refractivity contribution is 0.0310. The van der Waals surface area contributed by atoms with E-state index < -0.39 is 23.4 Å². The minimum Gasteiger partial charge on any atom is -0.609 e. The maximum Gasteiger partial charge on any atom is 0.340 e. The van der Waals surface area contributed by atoms with Crippen molar-refractivity contribution < 1.29 is 23.6 Å². The quantitative estimate of drug-likeness (QED) is 0.248. The Morgan fingerprint density at radius 2 is 1.78 bits per heavy atom. The van der Waals surface area contributed by atoms with Crippen molar-refractivity contribution in [2.75, 3.05) is 14.2 Å². The van der Waals surface area contributed by atoms with Crippen molar-refractivity contribution in [3.63, 3.8) is 0 Å². The van der Waals surface area contributed by atoms with Gasteiger partial charge in [-0.25, -0.2) is 9.36 Å². The molecule has 0 N–H and O–H groups in total. The molecule has 3 heterocycles. The van der Waals surface area contributed by atoms with Crippen LogP contribution in [0.4, 0.5) is 0 Å². The predicted octanol–water partition coefficient (Wildman–Crippen LogP) is 4.63. The fourth-order valence-electron chi connectivity index (χ4n) is 4.59. The Morgan fingerprint density at radius 1 is 1.03 bits per heavy atom. The van der Waals surface area contributed by atoms with Crippen molar-refractivity contribution in [1.29, 1.82) is 0 Å². The molecular formula is C27H21N3O5S. The number of rotatable bonds is 6. The van der Waals surface area contributed by atoms with E-state index in [-0.39, 0.29) is 5.75 Å². The van der Waals surface area contributed by atoms with E-state index in [1.54, 1.807) is 37.1 Å². The number of hydrogen-bond donors (Lipinski definition) is 0. The molecule has 0 saturated heterocycles. The molecule has 0 amide bonds. The van der Waals surface area contributed by atoms with E-state index in [1.165, 1.54) is 0 Å². The van der Waals surface area contributed by atoms with Gasteiger partial charge in [-0.15, -0.1) is 0 Å². The first-order valence-electron chi connectivity index (χ1n) is 11.2. The second-order valence-corrected chi connectivity index (χ2v) is 9.62. The Labute approximate surface area is 209 Å². The zero-order valence-electron chi connectivity index (χ0n) is 19.5. The van der Waals surface area contributed by atoms with E-state index in [0.717, 1.165) is 16.3 Å². The smallest absolute Gasteiger partial charge is 0.340 e. The number of hydrogen-bond acceptors (Lipinski definition) is 7. The molecule has 0 saturated carbocycles. The van der Waals surface area contributed by atoms with E-state index in [0.29, 0.717) is 39.0 Å². The second kappa shape index (κ2) is 8.85. The normalized spacial score (nSPS) is 15.6. The number of aromatic nitrogens is 3. The van der Waals surface area contributed by atoms with Crippen LogP contribution in [-0.4, -0.2) is 39.3 Å². The number of imidazole rings is 1. The van der Waals surface area contributed by atoms with Gasteiger partial charge >= 0.3 is 11.1 Å². The van der Waals surface area contributed by atoms with Gasteiger partial charge in [0.2, 0.25) is 6.23 Å². The van der Waals surface area contributed by atoms with Gasteiger partial charge in [0.05, 0.1) is 36.5 Å². The molecule has 1 aliphatic heterocycles. The first-order valence-corrected chi connectivity index (χ1v) is 12.6. The summed E-state index contributed by atoms with van der Waals surface area (Å²) in [7, 11) is 3.15. The molecule has 0 radical (unpaired) electrons. The van der Waals surface area contributed by atoms with Gasteiger partial charge in [-0.3, -0.25) is 4.98 Å². The highest BCUT2D eigenvalue weighted by molar-refractivity contribution is 7.90. The molecule has 0 aliphatic carbocycles. The number of fused-ring (bicyclic) bond motifs is 3. The van der Waals surface area contributed by atoms with Crippen LogP contribution in [0.15, 0.2) is 78.1 Å². The number of nitrogens with zero attached hydrogens (tertiary/aromatic N) is 3. The van der Waals surface area contributed by atoms with Crippen molar-refractivity contribution in [2.24, 2.45) is 0 Å². The highest BCUT2D eigenvalue weighted by Gasteiger charge is 2.37. The van der Waals surface area contributed by atoms with Crippen LogP contribution in [0.1, 0.15) is 27.8 Å². The van der Waals surface area contributed by atoms with Crippen molar-refractivity contribution in [1.82, 2.24) is 14.5 Å². The van der Waals surface area contributed by atoms with Crippen molar-refractivity contribution in [3.8, 4) is 11.5 Å². The van der Waals surface area contributed by atoms with Crippen LogP contribution in [0.25, 0.3) is 21.8 Å². The van der Waals surface area contributed by atoms with Crippen LogP contribution in [0.2, 0.25) is 0 Å². The zero-order valence-corrected chi connectivity index (χ0v) is 20.3. The van der Waals surface area contributed by atoms with Gasteiger partial charge in [-0.1, -0.05) is 30.3 Å². The molecule has 0 fully saturated rings. The number of esters is 1. The maximum absolute atomic E-state index is 13.9. The van der Waals surface area contributed by atoms with Gasteiger partial charge in [0.25, 0.3) is 0 Å². The summed E-state index contributed by atoms with van der Waals surface area (Å²) in [5, 5.41) is 2.01. The van der Waals surface area contributed by atoms with E-state index in [1.807, 2.05) is 54.6 Å². The number of carbonyl (C=O) groups excluding carboxylic acids is 1. The summed E-state index contributed by atoms with van der Waals surface area (Å²) in [6.45, 7) is 0. The lowest BCUT2D eigenvalue weighted by Crippen LogP contribution is -2.19. The summed E-state index contributed by atoms with van der Waals surface area (Å²) in [5.41, 5.74) is 3.23. The highest BCUT2D eigenvalue weighted by Crippen LogP contribution is 2.38. The molecule has 180 valence electrons. The molecule has 0 spiro atoms. The molecule has 8 nitrogen and oxygen atoms in total. The van der Waals surface area contributed by atoms with Gasteiger partial charge in [-0.2, -0.15) is 4.98 Å². The fourth-order valence-corrected chi connectivity index (χ4v) is 5.81. The molecule has 2 atom stereocenters. The lowest BCUT2D eigenvalue weighted by Gasteiger charge is -2.18. The summed E-state index contributed by atoms with van der Waals surface area (Å²) in [6.07, 6.45) is 0.920. The van der Waals surface area contributed by atoms with Gasteiger partial charge in [0, 0.05) is 28.3 Å². The molecule has 36 heavy (non-hydrogen) atoms. The minimum absolute atomic E-state index is 0.110. The molecule has 9 heteroatoms. The van der Waals surface area contributed by atoms with Gasteiger partial charge in [0.15, 0.2) is 17.3 Å². The van der Waals surface area contributed by atoms with Gasteiger partial charge in [-0.05, 0) is 41.8 Å². The standard InChI is InChI=1S/C27H21N3O5S/c1-33-23-13-16-11-12-28-21(19(16)14-24(23)34-2)15-36(32)27-29-20-9-5-6-10-22(20)30(27)25-17-7-3-4-8-18(17)26(31)35-25/h3-14,25H,15H2,1-2H3. The van der Waals surface area contributed by atoms with E-state index in [4.69, 9.17) is 19.2 Å². The van der Waals surface area contributed by atoms with Crippen LogP contribution >= 0.6 is 0 Å². The average molecular weight is 500 g/mol. The van der Waals surface area contributed by atoms with Crippen molar-refractivity contribution in [2.45, 2.75) is 17.1 Å². The molecule has 2 unspecified atom stereocenters. The molecular weight excluding hydrogens is 478 g/mol. The topological polar surface area (TPSA) is 98.5 Å². The third-order valence-corrected chi connectivity index (χ3v) is 7.52. The van der Waals surface area contributed by atoms with Gasteiger partial charge < -0.3 is 18.8 Å². The summed E-state index contributed by atoms with van der Waals surface area (Å²) in [4.78, 5) is 21.8. The van der Waals surface area contributed by atoms with Crippen LogP contribution in [-0.2, 0) is 21.7 Å². The largest absolute Gasteiger partial charge is 0.609 e. The third kappa shape index (κ3) is 3.55. The van der Waals surface area contributed by atoms with Crippen molar-refractivity contribution >= 4 is 39.0 Å². The summed E-state index contributed by atoms with van der Waals surface area (Å²) < 4.78 is 32.3.